The Kier molecular flexibility index (Phi) is 7.07. The number of benzene rings is 6. The van der Waals surface area contributed by atoms with Crippen LogP contribution in [0.5, 0.6) is 0 Å². The van der Waals surface area contributed by atoms with Gasteiger partial charge in [0.2, 0.25) is 0 Å². The Labute approximate surface area is 290 Å². The SMILES string of the molecule is C=C/C=C(\C=C)c1cccc(-c2nc(-c3ccc(-n4c5ccccc5c5cc6ccn(-c7ccccc7)c6cc54)cc3)nc3ccccc23)c1. The number of fused-ring (bicyclic) bond motifs is 5. The maximum atomic E-state index is 5.19. The molecule has 50 heavy (non-hydrogen) atoms. The summed E-state index contributed by atoms with van der Waals surface area (Å²) in [5, 5.41) is 4.69. The molecule has 9 aromatic rings. The van der Waals surface area contributed by atoms with Crippen molar-refractivity contribution < 1.29 is 0 Å². The van der Waals surface area contributed by atoms with Crippen molar-refractivity contribution in [2.75, 3.05) is 0 Å². The molecule has 0 atom stereocenters. The molecule has 0 aliphatic carbocycles. The van der Waals surface area contributed by atoms with Gasteiger partial charge >= 0.3 is 0 Å². The number of para-hydroxylation sites is 3. The van der Waals surface area contributed by atoms with Gasteiger partial charge in [-0.25, -0.2) is 9.97 Å². The summed E-state index contributed by atoms with van der Waals surface area (Å²) in [4.78, 5) is 10.2. The van der Waals surface area contributed by atoms with Gasteiger partial charge in [-0.05, 0) is 83.9 Å². The van der Waals surface area contributed by atoms with Crippen molar-refractivity contribution >= 4 is 49.2 Å². The second-order valence-corrected chi connectivity index (χ2v) is 12.4. The van der Waals surface area contributed by atoms with Crippen molar-refractivity contribution in [1.29, 1.82) is 0 Å². The van der Waals surface area contributed by atoms with E-state index in [2.05, 4.69) is 162 Å². The number of allylic oxidation sites excluding steroid dienone is 4. The van der Waals surface area contributed by atoms with Crippen molar-refractivity contribution in [3.05, 3.63) is 189 Å². The van der Waals surface area contributed by atoms with E-state index in [1.165, 1.54) is 27.2 Å². The summed E-state index contributed by atoms with van der Waals surface area (Å²) < 4.78 is 4.63. The molecule has 0 amide bonds. The number of aromatic nitrogens is 4. The van der Waals surface area contributed by atoms with Gasteiger partial charge in [0.15, 0.2) is 5.82 Å². The average molecular weight is 641 g/mol. The van der Waals surface area contributed by atoms with E-state index in [9.17, 15) is 0 Å². The summed E-state index contributed by atoms with van der Waals surface area (Å²) >= 11 is 0. The van der Waals surface area contributed by atoms with Crippen molar-refractivity contribution in [2.45, 2.75) is 0 Å². The fraction of sp³-hybridized carbons (Fsp3) is 0. The van der Waals surface area contributed by atoms with E-state index in [-0.39, 0.29) is 0 Å². The third-order valence-electron chi connectivity index (χ3n) is 9.49. The van der Waals surface area contributed by atoms with Crippen LogP contribution in [0.2, 0.25) is 0 Å². The molecule has 3 heterocycles. The monoisotopic (exact) mass is 640 g/mol. The molecule has 4 heteroatoms. The van der Waals surface area contributed by atoms with Crippen LogP contribution < -0.4 is 0 Å². The molecule has 0 radical (unpaired) electrons. The summed E-state index contributed by atoms with van der Waals surface area (Å²) in [5.74, 6) is 0.686. The van der Waals surface area contributed by atoms with Gasteiger partial charge in [0.1, 0.15) is 0 Å². The Morgan fingerprint density at radius 3 is 2.16 bits per heavy atom. The van der Waals surface area contributed by atoms with Gasteiger partial charge in [-0.2, -0.15) is 0 Å². The second kappa shape index (κ2) is 12.0. The van der Waals surface area contributed by atoms with Gasteiger partial charge in [-0.3, -0.25) is 0 Å². The van der Waals surface area contributed by atoms with Gasteiger partial charge in [-0.1, -0.05) is 104 Å². The van der Waals surface area contributed by atoms with E-state index >= 15 is 0 Å². The molecular weight excluding hydrogens is 609 g/mol. The largest absolute Gasteiger partial charge is 0.316 e. The van der Waals surface area contributed by atoms with E-state index in [0.717, 1.165) is 55.8 Å². The van der Waals surface area contributed by atoms with Crippen LogP contribution in [0.1, 0.15) is 5.56 Å². The lowest BCUT2D eigenvalue weighted by Crippen LogP contribution is -1.97. The number of rotatable bonds is 7. The van der Waals surface area contributed by atoms with Crippen molar-refractivity contribution in [2.24, 2.45) is 0 Å². The fourth-order valence-electron chi connectivity index (χ4n) is 7.13. The van der Waals surface area contributed by atoms with Crippen molar-refractivity contribution in [3.63, 3.8) is 0 Å². The van der Waals surface area contributed by atoms with Gasteiger partial charge in [0.25, 0.3) is 0 Å². The molecule has 0 spiro atoms. The van der Waals surface area contributed by atoms with Gasteiger partial charge in [0, 0.05) is 50.2 Å². The summed E-state index contributed by atoms with van der Waals surface area (Å²) in [6, 6.07) is 51.2. The van der Waals surface area contributed by atoms with Gasteiger partial charge < -0.3 is 9.13 Å². The second-order valence-electron chi connectivity index (χ2n) is 12.4. The smallest absolute Gasteiger partial charge is 0.160 e. The Balaban J connectivity index is 1.18. The Morgan fingerprint density at radius 2 is 1.34 bits per heavy atom. The molecule has 9 rings (SSSR count). The zero-order chi connectivity index (χ0) is 33.6. The summed E-state index contributed by atoms with van der Waals surface area (Å²) in [6.07, 6.45) is 7.77. The van der Waals surface area contributed by atoms with Crippen LogP contribution >= 0.6 is 0 Å². The van der Waals surface area contributed by atoms with E-state index in [4.69, 9.17) is 9.97 Å². The molecule has 0 N–H and O–H groups in total. The molecule has 0 aliphatic heterocycles. The molecular formula is C46H32N4. The van der Waals surface area contributed by atoms with E-state index in [1.807, 2.05) is 24.3 Å². The van der Waals surface area contributed by atoms with E-state index in [0.29, 0.717) is 5.82 Å². The Bertz CT molecular complexity index is 2780. The quantitative estimate of drug-likeness (QED) is 0.163. The molecule has 3 aromatic heterocycles. The van der Waals surface area contributed by atoms with Crippen LogP contribution in [0.4, 0.5) is 0 Å². The van der Waals surface area contributed by atoms with Crippen LogP contribution in [-0.2, 0) is 0 Å². The highest BCUT2D eigenvalue weighted by atomic mass is 15.0. The number of nitrogens with zero attached hydrogens (tertiary/aromatic N) is 4. The third-order valence-corrected chi connectivity index (χ3v) is 9.49. The summed E-state index contributed by atoms with van der Waals surface area (Å²) in [5.41, 5.74) is 11.6. The lowest BCUT2D eigenvalue weighted by Gasteiger charge is -2.12. The van der Waals surface area contributed by atoms with E-state index < -0.39 is 0 Å². The minimum atomic E-state index is 0.686. The Morgan fingerprint density at radius 1 is 0.560 bits per heavy atom. The topological polar surface area (TPSA) is 35.6 Å². The number of hydrogen-bond acceptors (Lipinski definition) is 2. The van der Waals surface area contributed by atoms with E-state index in [1.54, 1.807) is 6.08 Å². The van der Waals surface area contributed by atoms with Gasteiger partial charge in [-0.15, -0.1) is 0 Å². The normalized spacial score (nSPS) is 11.9. The van der Waals surface area contributed by atoms with Crippen LogP contribution in [0.3, 0.4) is 0 Å². The molecule has 4 nitrogen and oxygen atoms in total. The predicted octanol–water partition coefficient (Wildman–Crippen LogP) is 11.8. The zero-order valence-electron chi connectivity index (χ0n) is 27.4. The Hall–Kier alpha value is -6.78. The minimum absolute atomic E-state index is 0.686. The van der Waals surface area contributed by atoms with Crippen LogP contribution in [0, 0.1) is 0 Å². The highest BCUT2D eigenvalue weighted by Gasteiger charge is 2.17. The molecule has 0 saturated carbocycles. The third kappa shape index (κ3) is 4.85. The molecule has 0 saturated heterocycles. The minimum Gasteiger partial charge on any atom is -0.316 e. The molecule has 0 fully saturated rings. The first kappa shape index (κ1) is 29.4. The standard InChI is InChI=1S/C46H32N4/c1-3-13-31(4-2)33-14-12-15-35(28-33)45-39-19-8-10-20-41(39)47-46(48-45)32-22-24-37(25-23-32)50-42-21-11-9-18-38(42)40-29-34-26-27-49(43(34)30-44(40)50)36-16-6-5-7-17-36/h3-30H,1-2H2/b31-13+. The summed E-state index contributed by atoms with van der Waals surface area (Å²) in [7, 11) is 0. The maximum Gasteiger partial charge on any atom is 0.160 e. The highest BCUT2D eigenvalue weighted by molar-refractivity contribution is 6.13. The van der Waals surface area contributed by atoms with Crippen LogP contribution in [0.25, 0.3) is 83.2 Å². The van der Waals surface area contributed by atoms with Crippen LogP contribution in [0.15, 0.2) is 183 Å². The predicted molar refractivity (Wildman–Crippen MR) is 210 cm³/mol. The highest BCUT2D eigenvalue weighted by Crippen LogP contribution is 2.37. The first-order valence-corrected chi connectivity index (χ1v) is 16.7. The first-order chi connectivity index (χ1) is 24.7. The fourth-order valence-corrected chi connectivity index (χ4v) is 7.13. The average Bonchev–Trinajstić information content (AvgIpc) is 3.74. The lowest BCUT2D eigenvalue weighted by atomic mass is 9.99. The van der Waals surface area contributed by atoms with Gasteiger partial charge in [0.05, 0.1) is 27.8 Å². The molecule has 0 aliphatic rings. The molecule has 0 bridgehead atoms. The number of hydrogen-bond donors (Lipinski definition) is 0. The zero-order valence-corrected chi connectivity index (χ0v) is 27.4. The van der Waals surface area contributed by atoms with Crippen LogP contribution in [-0.4, -0.2) is 19.1 Å². The lowest BCUT2D eigenvalue weighted by molar-refractivity contribution is 1.12. The molecule has 0 unspecified atom stereocenters. The molecule has 236 valence electrons. The maximum absolute atomic E-state index is 5.19. The molecule has 6 aromatic carbocycles. The van der Waals surface area contributed by atoms with Crippen molar-refractivity contribution in [1.82, 2.24) is 19.1 Å². The van der Waals surface area contributed by atoms with Crippen molar-refractivity contribution in [3.8, 4) is 34.0 Å². The first-order valence-electron chi connectivity index (χ1n) is 16.7. The summed E-state index contributed by atoms with van der Waals surface area (Å²) in [6.45, 7) is 7.87.